The van der Waals surface area contributed by atoms with Crippen LogP contribution in [-0.4, -0.2) is 25.7 Å². The van der Waals surface area contributed by atoms with Gasteiger partial charge in [-0.15, -0.1) is 10.2 Å². The normalized spacial score (nSPS) is 15.3. The van der Waals surface area contributed by atoms with E-state index in [1.54, 1.807) is 4.52 Å². The van der Waals surface area contributed by atoms with Crippen molar-refractivity contribution >= 4 is 17.2 Å². The zero-order chi connectivity index (χ0) is 17.9. The molecule has 1 N–H and O–H groups in total. The van der Waals surface area contributed by atoms with Gasteiger partial charge in [-0.25, -0.2) is 0 Å². The summed E-state index contributed by atoms with van der Waals surface area (Å²) in [5.41, 5.74) is 3.40. The molecule has 0 atom stereocenters. The van der Waals surface area contributed by atoms with Gasteiger partial charge in [-0.3, -0.25) is 4.79 Å². The van der Waals surface area contributed by atoms with E-state index in [2.05, 4.69) is 20.6 Å². The maximum atomic E-state index is 12.2. The highest BCUT2D eigenvalue weighted by Gasteiger charge is 2.17. The molecule has 0 bridgehead atoms. The number of rotatable bonds is 4. The molecule has 134 valence electrons. The Morgan fingerprint density at radius 1 is 1.08 bits per heavy atom. The molecule has 1 fully saturated rings. The number of carbonyl (C=O) groups is 1. The van der Waals surface area contributed by atoms with Crippen LogP contribution in [0.3, 0.4) is 0 Å². The predicted octanol–water partition coefficient (Wildman–Crippen LogP) is 4.01. The summed E-state index contributed by atoms with van der Waals surface area (Å²) in [6, 6.07) is 11.6. The van der Waals surface area contributed by atoms with Crippen LogP contribution >= 0.6 is 0 Å². The van der Waals surface area contributed by atoms with Gasteiger partial charge in [-0.2, -0.15) is 9.61 Å². The highest BCUT2D eigenvalue weighted by Crippen LogP contribution is 2.27. The van der Waals surface area contributed by atoms with Gasteiger partial charge in [0.05, 0.1) is 5.69 Å². The largest absolute Gasteiger partial charge is 0.326 e. The van der Waals surface area contributed by atoms with Crippen molar-refractivity contribution < 1.29 is 4.79 Å². The fourth-order valence-electron chi connectivity index (χ4n) is 3.64. The number of hydrogen-bond donors (Lipinski definition) is 1. The van der Waals surface area contributed by atoms with Crippen molar-refractivity contribution in [3.8, 4) is 11.3 Å². The molecule has 1 amide bonds. The van der Waals surface area contributed by atoms with Gasteiger partial charge in [-0.05, 0) is 49.9 Å². The molecule has 2 heterocycles. The zero-order valence-corrected chi connectivity index (χ0v) is 15.0. The van der Waals surface area contributed by atoms with E-state index in [0.717, 1.165) is 28.4 Å². The van der Waals surface area contributed by atoms with Gasteiger partial charge in [0, 0.05) is 17.7 Å². The van der Waals surface area contributed by atoms with Gasteiger partial charge < -0.3 is 5.32 Å². The molecule has 0 spiro atoms. The molecule has 6 nitrogen and oxygen atoms in total. The number of fused-ring (bicyclic) bond motifs is 1. The first-order valence-electron chi connectivity index (χ1n) is 9.28. The molecule has 2 aromatic heterocycles. The lowest BCUT2D eigenvalue weighted by molar-refractivity contribution is -0.117. The van der Waals surface area contributed by atoms with E-state index in [4.69, 9.17) is 0 Å². The molecule has 6 heteroatoms. The number of anilines is 1. The summed E-state index contributed by atoms with van der Waals surface area (Å²) in [5.74, 6) is 1.42. The molecule has 4 rings (SSSR count). The fourth-order valence-corrected chi connectivity index (χ4v) is 3.64. The predicted molar refractivity (Wildman–Crippen MR) is 101 cm³/mol. The van der Waals surface area contributed by atoms with Crippen molar-refractivity contribution in [3.05, 3.63) is 42.2 Å². The third-order valence-corrected chi connectivity index (χ3v) is 5.08. The number of benzene rings is 1. The lowest BCUT2D eigenvalue weighted by Gasteiger charge is -2.20. The Bertz CT molecular complexity index is 910. The van der Waals surface area contributed by atoms with Crippen molar-refractivity contribution in [2.75, 3.05) is 5.32 Å². The van der Waals surface area contributed by atoms with Crippen molar-refractivity contribution in [2.45, 2.75) is 45.4 Å². The van der Waals surface area contributed by atoms with Crippen LogP contribution in [0.25, 0.3) is 16.9 Å². The topological polar surface area (TPSA) is 72.2 Å². The monoisotopic (exact) mass is 349 g/mol. The van der Waals surface area contributed by atoms with Crippen LogP contribution in [-0.2, 0) is 4.79 Å². The first-order valence-corrected chi connectivity index (χ1v) is 9.28. The standard InChI is InChI=1S/C20H23N5O/c1-14-22-23-19-12-11-18(24-25(14)19)16-7-9-17(10-8-16)21-20(26)13-15-5-3-2-4-6-15/h7-12,15H,2-6,13H2,1H3,(H,21,26). The second kappa shape index (κ2) is 7.23. The Kier molecular flexibility index (Phi) is 4.65. The minimum absolute atomic E-state index is 0.115. The summed E-state index contributed by atoms with van der Waals surface area (Å²) in [5, 5.41) is 15.7. The summed E-state index contributed by atoms with van der Waals surface area (Å²) in [4.78, 5) is 12.2. The molecule has 3 aromatic rings. The van der Waals surface area contributed by atoms with Crippen LogP contribution < -0.4 is 5.32 Å². The molecular formula is C20H23N5O. The first kappa shape index (κ1) is 16.7. The van der Waals surface area contributed by atoms with E-state index in [0.29, 0.717) is 12.3 Å². The van der Waals surface area contributed by atoms with E-state index in [1.807, 2.05) is 43.3 Å². The van der Waals surface area contributed by atoms with Gasteiger partial charge in [0.2, 0.25) is 5.91 Å². The van der Waals surface area contributed by atoms with Crippen LogP contribution in [0.2, 0.25) is 0 Å². The van der Waals surface area contributed by atoms with Crippen molar-refractivity contribution in [1.82, 2.24) is 19.8 Å². The van der Waals surface area contributed by atoms with Crippen LogP contribution in [0, 0.1) is 12.8 Å². The van der Waals surface area contributed by atoms with Gasteiger partial charge in [-0.1, -0.05) is 31.4 Å². The molecule has 0 aliphatic heterocycles. The van der Waals surface area contributed by atoms with Crippen LogP contribution in [0.15, 0.2) is 36.4 Å². The van der Waals surface area contributed by atoms with Gasteiger partial charge >= 0.3 is 0 Å². The Morgan fingerprint density at radius 3 is 2.62 bits per heavy atom. The lowest BCUT2D eigenvalue weighted by Crippen LogP contribution is -2.18. The van der Waals surface area contributed by atoms with Crippen LogP contribution in [0.5, 0.6) is 0 Å². The third-order valence-electron chi connectivity index (χ3n) is 5.08. The van der Waals surface area contributed by atoms with E-state index >= 15 is 0 Å². The SMILES string of the molecule is Cc1nnc2ccc(-c3ccc(NC(=O)CC4CCCCC4)cc3)nn12. The summed E-state index contributed by atoms with van der Waals surface area (Å²) in [7, 11) is 0. The van der Waals surface area contributed by atoms with Gasteiger partial charge in [0.25, 0.3) is 0 Å². The summed E-state index contributed by atoms with van der Waals surface area (Å²) >= 11 is 0. The quantitative estimate of drug-likeness (QED) is 0.772. The number of nitrogens with zero attached hydrogens (tertiary/aromatic N) is 4. The highest BCUT2D eigenvalue weighted by molar-refractivity contribution is 5.91. The smallest absolute Gasteiger partial charge is 0.224 e. The molecule has 0 radical (unpaired) electrons. The number of carbonyl (C=O) groups excluding carboxylic acids is 1. The van der Waals surface area contributed by atoms with Gasteiger partial charge in [0.1, 0.15) is 0 Å². The minimum atomic E-state index is 0.115. The average Bonchev–Trinajstić information content (AvgIpc) is 3.03. The fraction of sp³-hybridized carbons (Fsp3) is 0.400. The highest BCUT2D eigenvalue weighted by atomic mass is 16.1. The summed E-state index contributed by atoms with van der Waals surface area (Å²) in [6.07, 6.45) is 6.83. The molecule has 0 saturated heterocycles. The van der Waals surface area contributed by atoms with E-state index < -0.39 is 0 Å². The molecule has 26 heavy (non-hydrogen) atoms. The number of hydrogen-bond acceptors (Lipinski definition) is 4. The second-order valence-electron chi connectivity index (χ2n) is 7.07. The maximum Gasteiger partial charge on any atom is 0.224 e. The summed E-state index contributed by atoms with van der Waals surface area (Å²) < 4.78 is 1.73. The molecule has 1 aromatic carbocycles. The Balaban J connectivity index is 1.43. The van der Waals surface area contributed by atoms with Crippen LogP contribution in [0.4, 0.5) is 5.69 Å². The zero-order valence-electron chi connectivity index (χ0n) is 15.0. The molecule has 1 aliphatic rings. The molecule has 1 aliphatic carbocycles. The number of aromatic nitrogens is 4. The van der Waals surface area contributed by atoms with Crippen molar-refractivity contribution in [3.63, 3.8) is 0 Å². The molecular weight excluding hydrogens is 326 g/mol. The second-order valence-corrected chi connectivity index (χ2v) is 7.07. The Labute approximate surface area is 152 Å². The Morgan fingerprint density at radius 2 is 1.85 bits per heavy atom. The number of amides is 1. The maximum absolute atomic E-state index is 12.2. The van der Waals surface area contributed by atoms with Crippen molar-refractivity contribution in [1.29, 1.82) is 0 Å². The van der Waals surface area contributed by atoms with Crippen LogP contribution in [0.1, 0.15) is 44.3 Å². The minimum Gasteiger partial charge on any atom is -0.326 e. The molecule has 0 unspecified atom stereocenters. The van der Waals surface area contributed by atoms with Crippen molar-refractivity contribution in [2.24, 2.45) is 5.92 Å². The number of nitrogens with one attached hydrogen (secondary N) is 1. The first-order chi connectivity index (χ1) is 12.7. The third kappa shape index (κ3) is 3.59. The van der Waals surface area contributed by atoms with Gasteiger partial charge in [0.15, 0.2) is 11.5 Å². The van der Waals surface area contributed by atoms with E-state index in [-0.39, 0.29) is 5.91 Å². The average molecular weight is 349 g/mol. The Hall–Kier alpha value is -2.76. The number of aryl methyl sites for hydroxylation is 1. The van der Waals surface area contributed by atoms with E-state index in [1.165, 1.54) is 32.1 Å². The molecule has 1 saturated carbocycles. The summed E-state index contributed by atoms with van der Waals surface area (Å²) in [6.45, 7) is 1.88. The lowest BCUT2D eigenvalue weighted by atomic mass is 9.87. The van der Waals surface area contributed by atoms with E-state index in [9.17, 15) is 4.79 Å².